The van der Waals surface area contributed by atoms with E-state index in [-0.39, 0.29) is 93.2 Å². The van der Waals surface area contributed by atoms with Crippen molar-refractivity contribution in [1.82, 2.24) is 0 Å². The van der Waals surface area contributed by atoms with Gasteiger partial charge in [-0.25, -0.2) is 4.79 Å². The predicted octanol–water partition coefficient (Wildman–Crippen LogP) is 6.16. The zero-order valence-electron chi connectivity index (χ0n) is 24.2. The summed E-state index contributed by atoms with van der Waals surface area (Å²) < 4.78 is 32.8. The first-order valence-electron chi connectivity index (χ1n) is 12.0. The molecule has 0 fully saturated rings. The number of aromatic carboxylic acids is 1. The molecule has 12 nitrogen and oxygen atoms in total. The summed E-state index contributed by atoms with van der Waals surface area (Å²) in [4.78, 5) is 10.7. The van der Waals surface area contributed by atoms with Crippen LogP contribution in [0.15, 0.2) is 86.0 Å². The summed E-state index contributed by atoms with van der Waals surface area (Å²) in [5, 5.41) is 35.4. The van der Waals surface area contributed by atoms with Crippen LogP contribution in [0.4, 0.5) is 34.1 Å². The van der Waals surface area contributed by atoms with Crippen molar-refractivity contribution in [2.75, 3.05) is 11.5 Å². The van der Waals surface area contributed by atoms with Gasteiger partial charge in [0.15, 0.2) is 0 Å². The topological polar surface area (TPSA) is 213 Å². The minimum atomic E-state index is -4.58. The molecule has 43 heavy (non-hydrogen) atoms. The predicted molar refractivity (Wildman–Crippen MR) is 166 cm³/mol. The number of carboxylic acids is 1. The monoisotopic (exact) mass is 620 g/mol. The van der Waals surface area contributed by atoms with E-state index in [1.807, 2.05) is 38.1 Å². The van der Waals surface area contributed by atoms with Crippen LogP contribution in [-0.2, 0) is 10.1 Å². The van der Waals surface area contributed by atoms with E-state index >= 15 is 0 Å². The Hall–Kier alpha value is -3.14. The number of hydrogen-bond acceptors (Lipinski definition) is 10. The van der Waals surface area contributed by atoms with Crippen LogP contribution in [-0.4, -0.2) is 88.3 Å². The average Bonchev–Trinajstić information content (AvgIpc) is 2.90. The number of hydrogen-bond donors (Lipinski definition) is 5. The zero-order chi connectivity index (χ0) is 30.1. The van der Waals surface area contributed by atoms with Gasteiger partial charge in [0, 0.05) is 59.1 Å². The SMILES string of the molecule is Cc1cc(-c2ccc(N=Nc3c(N)c(C)cc(S(=O)(=O)O)c3N)c(C)c2)ccc1N=Nc1ccc(O)c(C(=O)O)c1.[Na].[Na]. The van der Waals surface area contributed by atoms with Gasteiger partial charge in [-0.15, -0.1) is 5.11 Å². The van der Waals surface area contributed by atoms with Crippen LogP contribution in [0.25, 0.3) is 11.1 Å². The van der Waals surface area contributed by atoms with Crippen molar-refractivity contribution in [3.05, 3.63) is 82.9 Å². The number of nitrogen functional groups attached to an aromatic ring is 2. The second kappa shape index (κ2) is 14.6. The van der Waals surface area contributed by atoms with Crippen LogP contribution >= 0.6 is 0 Å². The molecule has 212 valence electrons. The van der Waals surface area contributed by atoms with Crippen LogP contribution in [0.5, 0.6) is 5.75 Å². The second-order valence-corrected chi connectivity index (χ2v) is 10.6. The molecule has 0 aliphatic heterocycles. The Kier molecular flexibility index (Phi) is 12.2. The number of phenols is 1. The molecule has 0 bridgehead atoms. The molecule has 0 aliphatic carbocycles. The number of nitrogens with zero attached hydrogens (tertiary/aromatic N) is 4. The number of rotatable bonds is 7. The molecule has 0 spiro atoms. The van der Waals surface area contributed by atoms with E-state index in [1.165, 1.54) is 24.3 Å². The molecule has 7 N–H and O–H groups in total. The average molecular weight is 621 g/mol. The van der Waals surface area contributed by atoms with Gasteiger partial charge in [0.1, 0.15) is 21.9 Å². The van der Waals surface area contributed by atoms with Crippen LogP contribution in [0.3, 0.4) is 0 Å². The van der Waals surface area contributed by atoms with Crippen molar-refractivity contribution in [2.45, 2.75) is 25.7 Å². The number of carbonyl (C=O) groups is 1. The van der Waals surface area contributed by atoms with E-state index in [4.69, 9.17) is 16.6 Å². The smallest absolute Gasteiger partial charge is 0.339 e. The van der Waals surface area contributed by atoms with E-state index in [0.717, 1.165) is 22.3 Å². The third kappa shape index (κ3) is 8.28. The Labute approximate surface area is 292 Å². The molecule has 4 rings (SSSR count). The quantitative estimate of drug-likeness (QED) is 0.0696. The van der Waals surface area contributed by atoms with Gasteiger partial charge < -0.3 is 21.7 Å². The zero-order valence-corrected chi connectivity index (χ0v) is 29.0. The summed E-state index contributed by atoms with van der Waals surface area (Å²) in [5.74, 6) is -1.62. The molecule has 0 aromatic heterocycles. The number of azo groups is 2. The molecule has 0 saturated carbocycles. The Morgan fingerprint density at radius 3 is 1.74 bits per heavy atom. The van der Waals surface area contributed by atoms with Gasteiger partial charge in [-0.2, -0.15) is 23.8 Å². The van der Waals surface area contributed by atoms with E-state index in [9.17, 15) is 22.9 Å². The van der Waals surface area contributed by atoms with Crippen molar-refractivity contribution in [3.63, 3.8) is 0 Å². The van der Waals surface area contributed by atoms with Crippen molar-refractivity contribution < 1.29 is 28.0 Å². The Bertz CT molecular complexity index is 1880. The first kappa shape index (κ1) is 36.1. The van der Waals surface area contributed by atoms with Gasteiger partial charge in [0.05, 0.1) is 28.4 Å². The maximum absolute atomic E-state index is 11.7. The number of aryl methyl sites for hydroxylation is 3. The molecule has 2 radical (unpaired) electrons. The third-order valence-corrected chi connectivity index (χ3v) is 7.19. The van der Waals surface area contributed by atoms with Crippen molar-refractivity contribution in [1.29, 1.82) is 0 Å². The van der Waals surface area contributed by atoms with Gasteiger partial charge in [0.25, 0.3) is 10.1 Å². The fraction of sp³-hybridized carbons (Fsp3) is 0.107. The van der Waals surface area contributed by atoms with Crippen LogP contribution in [0.1, 0.15) is 27.0 Å². The molecule has 0 aliphatic rings. The number of carboxylic acid groups (broad SMARTS) is 1. The first-order chi connectivity index (χ1) is 19.3. The second-order valence-electron chi connectivity index (χ2n) is 9.25. The molecule has 0 unspecified atom stereocenters. The van der Waals surface area contributed by atoms with Crippen molar-refractivity contribution >= 4 is 109 Å². The normalized spacial score (nSPS) is 11.3. The molecule has 0 atom stereocenters. The Morgan fingerprint density at radius 1 is 0.721 bits per heavy atom. The fourth-order valence-electron chi connectivity index (χ4n) is 3.99. The molecule has 0 saturated heterocycles. The molecule has 0 heterocycles. The van der Waals surface area contributed by atoms with Gasteiger partial charge in [-0.3, -0.25) is 4.55 Å². The van der Waals surface area contributed by atoms with Crippen molar-refractivity contribution in [3.8, 4) is 16.9 Å². The van der Waals surface area contributed by atoms with Gasteiger partial charge >= 0.3 is 5.97 Å². The summed E-state index contributed by atoms with van der Waals surface area (Å²) in [6.45, 7) is 5.27. The van der Waals surface area contributed by atoms with Gasteiger partial charge in [-0.1, -0.05) is 12.1 Å². The fourth-order valence-corrected chi connectivity index (χ4v) is 4.69. The molecular weight excluding hydrogens is 594 g/mol. The first-order valence-corrected chi connectivity index (χ1v) is 13.5. The minimum absolute atomic E-state index is 0. The van der Waals surface area contributed by atoms with Gasteiger partial charge in [0.2, 0.25) is 0 Å². The Balaban J connectivity index is 0.00000323. The van der Waals surface area contributed by atoms with E-state index < -0.39 is 21.0 Å². The van der Waals surface area contributed by atoms with Crippen LogP contribution in [0.2, 0.25) is 0 Å². The van der Waals surface area contributed by atoms with Crippen LogP contribution < -0.4 is 11.5 Å². The summed E-state index contributed by atoms with van der Waals surface area (Å²) in [5.41, 5.74) is 16.6. The maximum Gasteiger partial charge on any atom is 0.339 e. The molecular formula is C28H26N6Na2O6S. The number of benzene rings is 4. The summed E-state index contributed by atoms with van der Waals surface area (Å²) >= 11 is 0. The van der Waals surface area contributed by atoms with E-state index in [1.54, 1.807) is 19.1 Å². The van der Waals surface area contributed by atoms with Crippen LogP contribution in [0, 0.1) is 20.8 Å². The summed E-state index contributed by atoms with van der Waals surface area (Å²) in [6, 6.07) is 16.2. The van der Waals surface area contributed by atoms with Crippen molar-refractivity contribution in [2.24, 2.45) is 20.5 Å². The summed E-state index contributed by atoms with van der Waals surface area (Å²) in [6.07, 6.45) is 0. The molecule has 15 heteroatoms. The van der Waals surface area contributed by atoms with Gasteiger partial charge in [-0.05, 0) is 97.1 Å². The maximum atomic E-state index is 11.7. The molecule has 0 amide bonds. The molecule has 4 aromatic carbocycles. The van der Waals surface area contributed by atoms with E-state index in [0.29, 0.717) is 16.9 Å². The molecule has 4 aromatic rings. The summed E-state index contributed by atoms with van der Waals surface area (Å²) in [7, 11) is -4.58. The number of aromatic hydroxyl groups is 1. The minimum Gasteiger partial charge on any atom is -0.507 e. The largest absolute Gasteiger partial charge is 0.507 e. The van der Waals surface area contributed by atoms with E-state index in [2.05, 4.69) is 20.5 Å². The Morgan fingerprint density at radius 2 is 1.26 bits per heavy atom. The number of anilines is 2. The standard InChI is InChI=1S/C28H26N6O6S.2Na/c1-14-10-17(4-7-21(14)32-31-19-6-9-23(35)20(13-19)28(36)37)18-5-8-22(15(2)11-18)33-34-27-25(29)16(3)12-24(26(27)30)41(38,39)40;;/h4-13,35H,29-30H2,1-3H3,(H,36,37)(H,38,39,40);;. The third-order valence-electron chi connectivity index (χ3n) is 6.29. The number of nitrogens with two attached hydrogens (primary N) is 2.